The molecule has 0 saturated carbocycles. The monoisotopic (exact) mass is 575 g/mol. The molecule has 1 aromatic carbocycles. The Kier molecular flexibility index (Phi) is 11.4. The summed E-state index contributed by atoms with van der Waals surface area (Å²) in [6, 6.07) is 9.13. The number of ketones is 1. The van der Waals surface area contributed by atoms with Crippen LogP contribution in [0, 0.1) is 6.92 Å². The van der Waals surface area contributed by atoms with Crippen LogP contribution in [0.3, 0.4) is 0 Å². The summed E-state index contributed by atoms with van der Waals surface area (Å²) in [6.07, 6.45) is 9.67. The molecule has 0 unspecified atom stereocenters. The summed E-state index contributed by atoms with van der Waals surface area (Å²) < 4.78 is 5.38. The first kappa shape index (κ1) is 31.1. The molecule has 0 bridgehead atoms. The number of nitrogens with one attached hydrogen (secondary N) is 3. The Morgan fingerprint density at radius 2 is 1.90 bits per heavy atom. The average Bonchev–Trinajstić information content (AvgIpc) is 3.30. The zero-order chi connectivity index (χ0) is 29.9. The first-order valence-corrected chi connectivity index (χ1v) is 15.3. The van der Waals surface area contributed by atoms with E-state index in [2.05, 4.69) is 31.6 Å². The Morgan fingerprint density at radius 3 is 2.67 bits per heavy atom. The van der Waals surface area contributed by atoms with E-state index in [4.69, 9.17) is 4.74 Å². The number of benzene rings is 1. The molecule has 0 aliphatic carbocycles. The molecule has 2 aromatic heterocycles. The van der Waals surface area contributed by atoms with Crippen molar-refractivity contribution in [2.45, 2.75) is 84.1 Å². The van der Waals surface area contributed by atoms with Crippen LogP contribution < -0.4 is 20.3 Å². The number of amides is 2. The molecule has 0 spiro atoms. The van der Waals surface area contributed by atoms with Crippen LogP contribution in [-0.2, 0) is 27.2 Å². The van der Waals surface area contributed by atoms with Crippen molar-refractivity contribution in [3.63, 3.8) is 0 Å². The highest BCUT2D eigenvalue weighted by Gasteiger charge is 2.22. The van der Waals surface area contributed by atoms with E-state index in [9.17, 15) is 14.4 Å². The molecule has 226 valence electrons. The number of Topliss-reactive ketones (excluding diaryl/α,β-unsaturated/α-hetero) is 1. The number of carbonyl (C=O) groups excluding carboxylic acids is 3. The number of anilines is 1. The van der Waals surface area contributed by atoms with Gasteiger partial charge in [-0.2, -0.15) is 0 Å². The highest BCUT2D eigenvalue weighted by molar-refractivity contribution is 5.93. The van der Waals surface area contributed by atoms with Gasteiger partial charge in [-0.05, 0) is 87.8 Å². The topological polar surface area (TPSA) is 116 Å². The molecular formula is C33H45N5O4. The second kappa shape index (κ2) is 15.4. The van der Waals surface area contributed by atoms with Crippen LogP contribution in [0.1, 0.15) is 75.1 Å². The third-order valence-electron chi connectivity index (χ3n) is 8.05. The fourth-order valence-electron chi connectivity index (χ4n) is 5.75. The molecule has 1 saturated heterocycles. The number of H-pyrrole nitrogens is 1. The summed E-state index contributed by atoms with van der Waals surface area (Å²) in [7, 11) is 1.62. The number of ether oxygens (including phenoxy) is 1. The number of fused-ring (bicyclic) bond motifs is 1. The van der Waals surface area contributed by atoms with Crippen molar-refractivity contribution in [1.29, 1.82) is 0 Å². The number of hydrogen-bond donors (Lipinski definition) is 3. The van der Waals surface area contributed by atoms with E-state index < -0.39 is 6.04 Å². The number of aryl methyl sites for hydroxylation is 1. The van der Waals surface area contributed by atoms with Gasteiger partial charge in [0.2, 0.25) is 11.8 Å². The predicted molar refractivity (Wildman–Crippen MR) is 166 cm³/mol. The number of carbonyl (C=O) groups is 3. The number of pyridine rings is 1. The third-order valence-corrected chi connectivity index (χ3v) is 8.05. The molecule has 4 rings (SSSR count). The highest BCUT2D eigenvalue weighted by atomic mass is 16.5. The summed E-state index contributed by atoms with van der Waals surface area (Å²) >= 11 is 0. The maximum absolute atomic E-state index is 13.4. The smallest absolute Gasteiger partial charge is 0.242 e. The Morgan fingerprint density at radius 1 is 1.10 bits per heavy atom. The zero-order valence-corrected chi connectivity index (χ0v) is 25.3. The highest BCUT2D eigenvalue weighted by Crippen LogP contribution is 2.27. The molecule has 3 N–H and O–H groups in total. The van der Waals surface area contributed by atoms with Crippen molar-refractivity contribution in [3.05, 3.63) is 53.3 Å². The lowest BCUT2D eigenvalue weighted by Gasteiger charge is -2.29. The fraction of sp³-hybridized carbons (Fsp3) is 0.515. The van der Waals surface area contributed by atoms with Crippen LogP contribution in [-0.4, -0.2) is 60.4 Å². The summed E-state index contributed by atoms with van der Waals surface area (Å²) in [5, 5.41) is 7.01. The normalized spacial score (nSPS) is 14.0. The van der Waals surface area contributed by atoms with E-state index in [0.717, 1.165) is 71.6 Å². The molecule has 3 aromatic rings. The zero-order valence-electron chi connectivity index (χ0n) is 25.3. The van der Waals surface area contributed by atoms with Gasteiger partial charge in [-0.25, -0.2) is 4.98 Å². The quantitative estimate of drug-likeness (QED) is 0.224. The Bertz CT molecular complexity index is 1360. The van der Waals surface area contributed by atoms with Crippen LogP contribution in [0.2, 0.25) is 0 Å². The van der Waals surface area contributed by atoms with Crippen molar-refractivity contribution in [1.82, 2.24) is 20.6 Å². The van der Waals surface area contributed by atoms with Gasteiger partial charge >= 0.3 is 0 Å². The van der Waals surface area contributed by atoms with Crippen molar-refractivity contribution < 1.29 is 19.1 Å². The molecule has 3 heterocycles. The standard InChI is InChI=1S/C33H45N5O4/c1-23(39)11-6-4-7-13-30(37-31(40)22-27-24(2)36-29-15-14-26(42-3)21-28(27)29)33(41)35-18-16-25-12-10-17-34-32(25)38-19-8-5-9-20-38/h10,12,14-15,17,21,30,36H,4-9,11,13,16,18-20,22H2,1-3H3,(H,35,41)(H,37,40)/t30-/m0/s1. The van der Waals surface area contributed by atoms with E-state index in [1.807, 2.05) is 37.4 Å². The average molecular weight is 576 g/mol. The van der Waals surface area contributed by atoms with E-state index in [1.165, 1.54) is 19.3 Å². The molecule has 1 aliphatic heterocycles. The molecule has 1 fully saturated rings. The maximum atomic E-state index is 13.4. The van der Waals surface area contributed by atoms with E-state index >= 15 is 0 Å². The largest absolute Gasteiger partial charge is 0.497 e. The van der Waals surface area contributed by atoms with Crippen molar-refractivity contribution in [3.8, 4) is 5.75 Å². The van der Waals surface area contributed by atoms with Crippen molar-refractivity contribution in [2.75, 3.05) is 31.6 Å². The number of piperidine rings is 1. The van der Waals surface area contributed by atoms with Gasteiger partial charge in [0, 0.05) is 48.8 Å². The minimum atomic E-state index is -0.648. The number of aromatic nitrogens is 2. The second-order valence-electron chi connectivity index (χ2n) is 11.3. The van der Waals surface area contributed by atoms with Crippen LogP contribution in [0.15, 0.2) is 36.5 Å². The van der Waals surface area contributed by atoms with Crippen LogP contribution in [0.25, 0.3) is 10.9 Å². The summed E-state index contributed by atoms with van der Waals surface area (Å²) in [6.45, 7) is 6.03. The molecule has 0 radical (unpaired) electrons. The van der Waals surface area contributed by atoms with Gasteiger partial charge in [-0.1, -0.05) is 18.9 Å². The van der Waals surface area contributed by atoms with Crippen molar-refractivity contribution >= 4 is 34.3 Å². The van der Waals surface area contributed by atoms with E-state index in [0.29, 0.717) is 25.8 Å². The Labute approximate surface area is 248 Å². The molecule has 9 heteroatoms. The van der Waals surface area contributed by atoms with Gasteiger partial charge < -0.3 is 30.0 Å². The molecule has 42 heavy (non-hydrogen) atoms. The molecule has 2 amide bonds. The van der Waals surface area contributed by atoms with Crippen molar-refractivity contribution in [2.24, 2.45) is 0 Å². The molecule has 1 aliphatic rings. The van der Waals surface area contributed by atoms with Gasteiger partial charge in [0.1, 0.15) is 23.4 Å². The lowest BCUT2D eigenvalue weighted by Crippen LogP contribution is -2.47. The van der Waals surface area contributed by atoms with E-state index in [-0.39, 0.29) is 24.0 Å². The summed E-state index contributed by atoms with van der Waals surface area (Å²) in [4.78, 5) is 48.3. The van der Waals surface area contributed by atoms with E-state index in [1.54, 1.807) is 14.0 Å². The third kappa shape index (κ3) is 8.57. The number of nitrogens with zero attached hydrogens (tertiary/aromatic N) is 2. The number of unbranched alkanes of at least 4 members (excludes halogenated alkanes) is 2. The molecule has 1 atom stereocenters. The van der Waals surface area contributed by atoms with Crippen LogP contribution >= 0.6 is 0 Å². The number of rotatable bonds is 15. The maximum Gasteiger partial charge on any atom is 0.242 e. The number of methoxy groups -OCH3 is 1. The van der Waals surface area contributed by atoms with Crippen LogP contribution in [0.5, 0.6) is 5.75 Å². The molecular weight excluding hydrogens is 530 g/mol. The van der Waals surface area contributed by atoms with Gasteiger partial charge in [0.15, 0.2) is 0 Å². The fourth-order valence-corrected chi connectivity index (χ4v) is 5.75. The van der Waals surface area contributed by atoms with Gasteiger partial charge in [0.05, 0.1) is 13.5 Å². The Balaban J connectivity index is 1.39. The SMILES string of the molecule is COc1ccc2[nH]c(C)c(CC(=O)N[C@@H](CCCCCC(C)=O)C(=O)NCCc3cccnc3N3CCCCC3)c2c1. The minimum Gasteiger partial charge on any atom is -0.497 e. The van der Waals surface area contributed by atoms with Crippen LogP contribution in [0.4, 0.5) is 5.82 Å². The lowest BCUT2D eigenvalue weighted by atomic mass is 10.0. The number of hydrogen-bond acceptors (Lipinski definition) is 6. The first-order chi connectivity index (χ1) is 20.4. The summed E-state index contributed by atoms with van der Waals surface area (Å²) in [5.41, 5.74) is 3.87. The number of aromatic amines is 1. The second-order valence-corrected chi connectivity index (χ2v) is 11.3. The lowest BCUT2D eigenvalue weighted by molar-refractivity contribution is -0.128. The van der Waals surface area contributed by atoms with Gasteiger partial charge in [0.25, 0.3) is 0 Å². The predicted octanol–water partition coefficient (Wildman–Crippen LogP) is 4.80. The minimum absolute atomic E-state index is 0.155. The Hall–Kier alpha value is -3.88. The first-order valence-electron chi connectivity index (χ1n) is 15.3. The summed E-state index contributed by atoms with van der Waals surface area (Å²) in [5.74, 6) is 1.51. The van der Waals surface area contributed by atoms with Gasteiger partial charge in [-0.15, -0.1) is 0 Å². The molecule has 9 nitrogen and oxygen atoms in total. The van der Waals surface area contributed by atoms with Gasteiger partial charge in [-0.3, -0.25) is 9.59 Å².